The molecule has 6 nitrogen and oxygen atoms in total. The van der Waals surface area contributed by atoms with E-state index in [1.165, 1.54) is 0 Å². The maximum atomic E-state index is 12.8. The van der Waals surface area contributed by atoms with E-state index in [0.29, 0.717) is 18.7 Å². The molecule has 2 amide bonds. The Kier molecular flexibility index (Phi) is 4.05. The average molecular weight is 352 g/mol. The molecule has 2 fully saturated rings. The van der Waals surface area contributed by atoms with Gasteiger partial charge in [0.05, 0.1) is 17.2 Å². The maximum absolute atomic E-state index is 12.8. The Balaban J connectivity index is 1.44. The van der Waals surface area contributed by atoms with Gasteiger partial charge in [-0.15, -0.1) is 0 Å². The van der Waals surface area contributed by atoms with Crippen LogP contribution in [0.3, 0.4) is 0 Å². The number of benzene rings is 1. The zero-order chi connectivity index (χ0) is 18.3. The third kappa shape index (κ3) is 2.89. The lowest BCUT2D eigenvalue weighted by molar-refractivity contribution is -0.121. The fourth-order valence-corrected chi connectivity index (χ4v) is 4.28. The van der Waals surface area contributed by atoms with Crippen LogP contribution in [-0.4, -0.2) is 45.1 Å². The summed E-state index contributed by atoms with van der Waals surface area (Å²) in [4.78, 5) is 27.2. The van der Waals surface area contributed by atoms with E-state index in [2.05, 4.69) is 10.4 Å². The van der Waals surface area contributed by atoms with Gasteiger partial charge in [-0.3, -0.25) is 14.3 Å². The van der Waals surface area contributed by atoms with E-state index >= 15 is 0 Å². The lowest BCUT2D eigenvalue weighted by atomic mass is 9.82. The molecule has 1 aromatic heterocycles. The maximum Gasteiger partial charge on any atom is 0.257 e. The summed E-state index contributed by atoms with van der Waals surface area (Å²) in [5.74, 6) is 0.0625. The predicted octanol–water partition coefficient (Wildman–Crippen LogP) is 2.01. The molecule has 1 spiro atoms. The smallest absolute Gasteiger partial charge is 0.257 e. The Morgan fingerprint density at radius 1 is 1.23 bits per heavy atom. The highest BCUT2D eigenvalue weighted by Crippen LogP contribution is 2.39. The molecule has 136 valence electrons. The van der Waals surface area contributed by atoms with Gasteiger partial charge >= 0.3 is 0 Å². The van der Waals surface area contributed by atoms with E-state index in [4.69, 9.17) is 0 Å². The fraction of sp³-hybridized carbons (Fsp3) is 0.450. The Hall–Kier alpha value is -2.63. The summed E-state index contributed by atoms with van der Waals surface area (Å²) in [5, 5.41) is 7.50. The normalized spacial score (nSPS) is 21.8. The number of aryl methyl sites for hydroxylation is 2. The molecule has 0 bridgehead atoms. The van der Waals surface area contributed by atoms with E-state index in [0.717, 1.165) is 30.5 Å². The molecular weight excluding hydrogens is 328 g/mol. The van der Waals surface area contributed by atoms with Crippen molar-refractivity contribution in [2.24, 2.45) is 7.05 Å². The molecule has 1 unspecified atom stereocenters. The van der Waals surface area contributed by atoms with E-state index in [-0.39, 0.29) is 23.3 Å². The van der Waals surface area contributed by atoms with Crippen LogP contribution in [0.4, 0.5) is 0 Å². The second kappa shape index (κ2) is 6.27. The molecule has 3 heterocycles. The molecule has 1 aromatic carbocycles. The summed E-state index contributed by atoms with van der Waals surface area (Å²) < 4.78 is 1.68. The summed E-state index contributed by atoms with van der Waals surface area (Å²) in [6.07, 6.45) is 4.19. The second-order valence-corrected chi connectivity index (χ2v) is 7.53. The number of aromatic nitrogens is 2. The number of rotatable bonds is 2. The number of hydrogen-bond acceptors (Lipinski definition) is 3. The van der Waals surface area contributed by atoms with Crippen molar-refractivity contribution >= 4 is 11.8 Å². The zero-order valence-corrected chi connectivity index (χ0v) is 15.2. The predicted molar refractivity (Wildman–Crippen MR) is 97.8 cm³/mol. The molecule has 0 saturated carbocycles. The number of carbonyl (C=O) groups is 2. The van der Waals surface area contributed by atoms with Gasteiger partial charge in [0.25, 0.3) is 5.91 Å². The number of nitrogens with one attached hydrogen (secondary N) is 1. The van der Waals surface area contributed by atoms with Crippen LogP contribution in [0.2, 0.25) is 0 Å². The first-order valence-electron chi connectivity index (χ1n) is 9.14. The van der Waals surface area contributed by atoms with Gasteiger partial charge in [-0.05, 0) is 31.7 Å². The van der Waals surface area contributed by atoms with E-state index in [1.54, 1.807) is 10.9 Å². The monoisotopic (exact) mass is 352 g/mol. The van der Waals surface area contributed by atoms with Crippen LogP contribution in [0.5, 0.6) is 0 Å². The van der Waals surface area contributed by atoms with Gasteiger partial charge in [-0.25, -0.2) is 0 Å². The lowest BCUT2D eigenvalue weighted by Gasteiger charge is -2.39. The third-order valence-electron chi connectivity index (χ3n) is 5.75. The molecule has 2 aliphatic heterocycles. The van der Waals surface area contributed by atoms with Crippen molar-refractivity contribution in [3.63, 3.8) is 0 Å². The molecule has 0 radical (unpaired) electrons. The van der Waals surface area contributed by atoms with E-state index in [9.17, 15) is 9.59 Å². The van der Waals surface area contributed by atoms with Crippen molar-refractivity contribution in [1.82, 2.24) is 20.0 Å². The van der Waals surface area contributed by atoms with Crippen molar-refractivity contribution in [2.75, 3.05) is 13.1 Å². The molecule has 26 heavy (non-hydrogen) atoms. The molecular formula is C20H24N4O2. The number of hydrogen-bond donors (Lipinski definition) is 1. The van der Waals surface area contributed by atoms with Gasteiger partial charge in [-0.1, -0.05) is 30.3 Å². The minimum atomic E-state index is -0.182. The molecule has 1 atom stereocenters. The summed E-state index contributed by atoms with van der Waals surface area (Å²) >= 11 is 0. The molecule has 1 N–H and O–H groups in total. The van der Waals surface area contributed by atoms with Gasteiger partial charge < -0.3 is 10.2 Å². The van der Waals surface area contributed by atoms with Crippen molar-refractivity contribution < 1.29 is 9.59 Å². The van der Waals surface area contributed by atoms with Crippen LogP contribution in [-0.2, 0) is 11.8 Å². The van der Waals surface area contributed by atoms with Crippen molar-refractivity contribution in [3.05, 3.63) is 53.3 Å². The Morgan fingerprint density at radius 2 is 1.92 bits per heavy atom. The Labute approximate surface area is 153 Å². The first-order valence-corrected chi connectivity index (χ1v) is 9.14. The minimum Gasteiger partial charge on any atom is -0.350 e. The molecule has 2 aromatic rings. The number of carbonyl (C=O) groups excluding carboxylic acids is 2. The number of piperidine rings is 1. The highest BCUT2D eigenvalue weighted by Gasteiger charge is 2.46. The Bertz CT molecular complexity index is 835. The van der Waals surface area contributed by atoms with E-state index < -0.39 is 0 Å². The topological polar surface area (TPSA) is 67.2 Å². The fourth-order valence-electron chi connectivity index (χ4n) is 4.28. The van der Waals surface area contributed by atoms with Crippen molar-refractivity contribution in [1.29, 1.82) is 0 Å². The zero-order valence-electron chi connectivity index (χ0n) is 15.2. The van der Waals surface area contributed by atoms with Crippen LogP contribution < -0.4 is 5.32 Å². The first kappa shape index (κ1) is 16.8. The van der Waals surface area contributed by atoms with Gasteiger partial charge in [0, 0.05) is 31.9 Å². The van der Waals surface area contributed by atoms with Crippen LogP contribution in [0.25, 0.3) is 0 Å². The van der Waals surface area contributed by atoms with Crippen molar-refractivity contribution in [2.45, 2.75) is 37.6 Å². The number of nitrogens with zero attached hydrogens (tertiary/aromatic N) is 3. The highest BCUT2D eigenvalue weighted by atomic mass is 16.2. The molecule has 0 aliphatic carbocycles. The second-order valence-electron chi connectivity index (χ2n) is 7.53. The van der Waals surface area contributed by atoms with Crippen LogP contribution in [0.15, 0.2) is 36.5 Å². The molecule has 2 aliphatic rings. The van der Waals surface area contributed by atoms with Gasteiger partial charge in [0.1, 0.15) is 0 Å². The highest BCUT2D eigenvalue weighted by molar-refractivity contribution is 5.95. The van der Waals surface area contributed by atoms with E-state index in [1.807, 2.05) is 49.2 Å². The van der Waals surface area contributed by atoms with Crippen LogP contribution in [0, 0.1) is 6.92 Å². The summed E-state index contributed by atoms with van der Waals surface area (Å²) in [7, 11) is 1.83. The van der Waals surface area contributed by atoms with Gasteiger partial charge in [0.15, 0.2) is 0 Å². The minimum absolute atomic E-state index is 0.0365. The quantitative estimate of drug-likeness (QED) is 0.899. The van der Waals surface area contributed by atoms with Crippen LogP contribution >= 0.6 is 0 Å². The average Bonchev–Trinajstić information content (AvgIpc) is 3.14. The molecule has 2 saturated heterocycles. The molecule has 6 heteroatoms. The van der Waals surface area contributed by atoms with Gasteiger partial charge in [0.2, 0.25) is 5.91 Å². The first-order chi connectivity index (χ1) is 12.5. The number of likely N-dealkylation sites (tertiary alicyclic amines) is 1. The summed E-state index contributed by atoms with van der Waals surface area (Å²) in [5.41, 5.74) is 2.32. The summed E-state index contributed by atoms with van der Waals surface area (Å²) in [6.45, 7) is 3.18. The third-order valence-corrected chi connectivity index (χ3v) is 5.75. The van der Waals surface area contributed by atoms with Crippen molar-refractivity contribution in [3.8, 4) is 0 Å². The molecule has 4 rings (SSSR count). The number of amides is 2. The SMILES string of the molecule is Cc1nn(C)cc1C(=O)N1CCC2(CC1)CC(c1ccccc1)C(=O)N2. The van der Waals surface area contributed by atoms with Crippen LogP contribution in [0.1, 0.15) is 46.8 Å². The largest absolute Gasteiger partial charge is 0.350 e. The Morgan fingerprint density at radius 3 is 2.54 bits per heavy atom. The summed E-state index contributed by atoms with van der Waals surface area (Å²) in [6, 6.07) is 9.97. The lowest BCUT2D eigenvalue weighted by Crippen LogP contribution is -2.52. The standard InChI is InChI=1S/C20H24N4O2/c1-14-17(13-23(2)22-14)19(26)24-10-8-20(9-11-24)12-16(18(25)21-20)15-6-4-3-5-7-15/h3-7,13,16H,8-12H2,1-2H3,(H,21,25). The van der Waals surface area contributed by atoms with Gasteiger partial charge in [-0.2, -0.15) is 5.10 Å².